The fourth-order valence-electron chi connectivity index (χ4n) is 1.98. The number of hydrogen-bond donors (Lipinski definition) is 1. The molecule has 0 fully saturated rings. The Balaban J connectivity index is 2.57. The van der Waals surface area contributed by atoms with Crippen LogP contribution in [0.1, 0.15) is 16.7 Å². The molecular weight excluding hydrogens is 210 g/mol. The summed E-state index contributed by atoms with van der Waals surface area (Å²) in [5.41, 5.74) is 4.73. The van der Waals surface area contributed by atoms with Crippen LogP contribution in [0, 0.1) is 25.2 Å². The molecule has 0 aliphatic carbocycles. The maximum atomic E-state index is 9.59. The van der Waals surface area contributed by atoms with Crippen molar-refractivity contribution in [3.8, 4) is 22.9 Å². The molecule has 0 atom stereocenters. The van der Waals surface area contributed by atoms with Crippen LogP contribution >= 0.6 is 0 Å². The number of nitriles is 1. The average Bonchev–Trinajstić information content (AvgIpc) is 2.27. The van der Waals surface area contributed by atoms with Gasteiger partial charge in [0, 0.05) is 0 Å². The zero-order valence-corrected chi connectivity index (χ0v) is 9.86. The summed E-state index contributed by atoms with van der Waals surface area (Å²) < 4.78 is 0. The van der Waals surface area contributed by atoms with E-state index in [1.54, 1.807) is 18.2 Å². The van der Waals surface area contributed by atoms with Gasteiger partial charge >= 0.3 is 0 Å². The lowest BCUT2D eigenvalue weighted by Crippen LogP contribution is -1.86. The summed E-state index contributed by atoms with van der Waals surface area (Å²) in [6, 6.07) is 13.2. The molecule has 2 aromatic carbocycles. The van der Waals surface area contributed by atoms with Gasteiger partial charge in [-0.15, -0.1) is 0 Å². The van der Waals surface area contributed by atoms with E-state index in [4.69, 9.17) is 5.26 Å². The average molecular weight is 223 g/mol. The second-order valence-electron chi connectivity index (χ2n) is 4.20. The largest absolute Gasteiger partial charge is 0.508 e. The highest BCUT2D eigenvalue weighted by Gasteiger charge is 2.05. The Morgan fingerprint density at radius 2 is 1.82 bits per heavy atom. The summed E-state index contributed by atoms with van der Waals surface area (Å²) in [6.45, 7) is 3.91. The zero-order chi connectivity index (χ0) is 12.4. The molecule has 0 radical (unpaired) electrons. The summed E-state index contributed by atoms with van der Waals surface area (Å²) in [5, 5.41) is 18.4. The van der Waals surface area contributed by atoms with Crippen molar-refractivity contribution < 1.29 is 5.11 Å². The highest BCUT2D eigenvalue weighted by atomic mass is 16.3. The number of nitrogens with zero attached hydrogens (tertiary/aromatic N) is 1. The standard InChI is InChI=1S/C15H13NO/c1-10-5-13(8-14(17)6-10)15-4-3-12(9-16)7-11(15)2/h3-8,17H,1-2H3. The number of phenols is 1. The molecule has 0 unspecified atom stereocenters. The predicted molar refractivity (Wildman–Crippen MR) is 67.7 cm³/mol. The van der Waals surface area contributed by atoms with Crippen molar-refractivity contribution in [2.45, 2.75) is 13.8 Å². The van der Waals surface area contributed by atoms with Crippen LogP contribution in [-0.4, -0.2) is 5.11 Å². The van der Waals surface area contributed by atoms with Crippen LogP contribution in [0.4, 0.5) is 0 Å². The van der Waals surface area contributed by atoms with Gasteiger partial charge < -0.3 is 5.11 Å². The van der Waals surface area contributed by atoms with Crippen LogP contribution in [0.15, 0.2) is 36.4 Å². The summed E-state index contributed by atoms with van der Waals surface area (Å²) in [7, 11) is 0. The predicted octanol–water partition coefficient (Wildman–Crippen LogP) is 3.55. The van der Waals surface area contributed by atoms with Crippen LogP contribution in [0.3, 0.4) is 0 Å². The van der Waals surface area contributed by atoms with Crippen molar-refractivity contribution in [2.75, 3.05) is 0 Å². The van der Waals surface area contributed by atoms with Crippen LogP contribution < -0.4 is 0 Å². The zero-order valence-electron chi connectivity index (χ0n) is 9.86. The van der Waals surface area contributed by atoms with Crippen LogP contribution in [0.5, 0.6) is 5.75 Å². The number of hydrogen-bond acceptors (Lipinski definition) is 2. The maximum Gasteiger partial charge on any atom is 0.116 e. The molecule has 1 N–H and O–H groups in total. The molecule has 2 nitrogen and oxygen atoms in total. The lowest BCUT2D eigenvalue weighted by molar-refractivity contribution is 0.475. The van der Waals surface area contributed by atoms with Crippen LogP contribution in [0.25, 0.3) is 11.1 Å². The summed E-state index contributed by atoms with van der Waals surface area (Å²) in [5.74, 6) is 0.267. The second-order valence-corrected chi connectivity index (χ2v) is 4.20. The molecule has 0 aromatic heterocycles. The van der Waals surface area contributed by atoms with Crippen molar-refractivity contribution in [1.29, 1.82) is 5.26 Å². The van der Waals surface area contributed by atoms with Gasteiger partial charge in [0.25, 0.3) is 0 Å². The van der Waals surface area contributed by atoms with E-state index in [0.29, 0.717) is 5.56 Å². The monoisotopic (exact) mass is 223 g/mol. The quantitative estimate of drug-likeness (QED) is 0.803. The topological polar surface area (TPSA) is 44.0 Å². The van der Waals surface area contributed by atoms with Gasteiger partial charge in [-0.25, -0.2) is 0 Å². The summed E-state index contributed by atoms with van der Waals surface area (Å²) in [4.78, 5) is 0. The molecule has 0 aliphatic heterocycles. The lowest BCUT2D eigenvalue weighted by Gasteiger charge is -2.08. The van der Waals surface area contributed by atoms with E-state index in [2.05, 4.69) is 6.07 Å². The van der Waals surface area contributed by atoms with Crippen molar-refractivity contribution >= 4 is 0 Å². The molecule has 0 saturated carbocycles. The Kier molecular flexibility index (Phi) is 2.84. The Bertz CT molecular complexity index is 589. The van der Waals surface area contributed by atoms with Crippen molar-refractivity contribution in [2.24, 2.45) is 0 Å². The molecule has 0 amide bonds. The molecule has 0 heterocycles. The molecule has 2 heteroatoms. The first-order chi connectivity index (χ1) is 8.10. The second kappa shape index (κ2) is 4.31. The van der Waals surface area contributed by atoms with Crippen LogP contribution in [0.2, 0.25) is 0 Å². The van der Waals surface area contributed by atoms with Gasteiger partial charge in [-0.1, -0.05) is 12.1 Å². The highest BCUT2D eigenvalue weighted by molar-refractivity contribution is 5.70. The number of rotatable bonds is 1. The van der Waals surface area contributed by atoms with Gasteiger partial charge in [-0.2, -0.15) is 5.26 Å². The van der Waals surface area contributed by atoms with Gasteiger partial charge in [0.1, 0.15) is 5.75 Å². The fraction of sp³-hybridized carbons (Fsp3) is 0.133. The molecule has 84 valence electrons. The van der Waals surface area contributed by atoms with Crippen molar-refractivity contribution in [3.63, 3.8) is 0 Å². The Labute approximate surface area is 101 Å². The first-order valence-corrected chi connectivity index (χ1v) is 5.42. The third-order valence-electron chi connectivity index (χ3n) is 2.73. The number of phenolic OH excluding ortho intramolecular Hbond substituents is 1. The first kappa shape index (κ1) is 11.2. The van der Waals surface area contributed by atoms with Crippen molar-refractivity contribution in [1.82, 2.24) is 0 Å². The maximum absolute atomic E-state index is 9.59. The SMILES string of the molecule is Cc1cc(O)cc(-c2ccc(C#N)cc2C)c1. The van der Waals surface area contributed by atoms with Gasteiger partial charge in [0.05, 0.1) is 11.6 Å². The third kappa shape index (κ3) is 2.29. The van der Waals surface area contributed by atoms with Gasteiger partial charge in [-0.05, 0) is 60.4 Å². The minimum absolute atomic E-state index is 0.267. The van der Waals surface area contributed by atoms with E-state index in [1.807, 2.05) is 32.0 Å². The normalized spacial score (nSPS) is 9.94. The van der Waals surface area contributed by atoms with Crippen molar-refractivity contribution in [3.05, 3.63) is 53.1 Å². The lowest BCUT2D eigenvalue weighted by atomic mass is 9.97. The first-order valence-electron chi connectivity index (χ1n) is 5.42. The van der Waals surface area contributed by atoms with E-state index in [0.717, 1.165) is 22.3 Å². The molecule has 0 saturated heterocycles. The van der Waals surface area contributed by atoms with E-state index in [-0.39, 0.29) is 5.75 Å². The smallest absolute Gasteiger partial charge is 0.116 e. The van der Waals surface area contributed by atoms with Gasteiger partial charge in [0.2, 0.25) is 0 Å². The Hall–Kier alpha value is -2.27. The number of aryl methyl sites for hydroxylation is 2. The third-order valence-corrected chi connectivity index (χ3v) is 2.73. The summed E-state index contributed by atoms with van der Waals surface area (Å²) in [6.07, 6.45) is 0. The summed E-state index contributed by atoms with van der Waals surface area (Å²) >= 11 is 0. The molecule has 2 aromatic rings. The Morgan fingerprint density at radius 1 is 1.06 bits per heavy atom. The molecule has 0 spiro atoms. The molecule has 2 rings (SSSR count). The molecular formula is C15H13NO. The fourth-order valence-corrected chi connectivity index (χ4v) is 1.98. The van der Waals surface area contributed by atoms with Crippen LogP contribution in [-0.2, 0) is 0 Å². The minimum Gasteiger partial charge on any atom is -0.508 e. The van der Waals surface area contributed by atoms with E-state index < -0.39 is 0 Å². The Morgan fingerprint density at radius 3 is 2.41 bits per heavy atom. The minimum atomic E-state index is 0.267. The molecule has 0 bridgehead atoms. The van der Waals surface area contributed by atoms with E-state index >= 15 is 0 Å². The number of aromatic hydroxyl groups is 1. The van der Waals surface area contributed by atoms with E-state index in [1.165, 1.54) is 0 Å². The molecule has 17 heavy (non-hydrogen) atoms. The van der Waals surface area contributed by atoms with Gasteiger partial charge in [-0.3, -0.25) is 0 Å². The highest BCUT2D eigenvalue weighted by Crippen LogP contribution is 2.28. The molecule has 0 aliphatic rings. The number of benzene rings is 2. The van der Waals surface area contributed by atoms with Gasteiger partial charge in [0.15, 0.2) is 0 Å². The van der Waals surface area contributed by atoms with E-state index in [9.17, 15) is 5.11 Å².